The Labute approximate surface area is 167 Å². The van der Waals surface area contributed by atoms with Gasteiger partial charge in [0.15, 0.2) is 0 Å². The molecule has 1 unspecified atom stereocenters. The van der Waals surface area contributed by atoms with Gasteiger partial charge in [-0.05, 0) is 43.0 Å². The smallest absolute Gasteiger partial charge is 0.253 e. The summed E-state index contributed by atoms with van der Waals surface area (Å²) in [4.78, 5) is 14.8. The van der Waals surface area contributed by atoms with Crippen LogP contribution in [0.15, 0.2) is 23.1 Å². The van der Waals surface area contributed by atoms with Gasteiger partial charge in [0, 0.05) is 31.7 Å². The zero-order valence-electron chi connectivity index (χ0n) is 15.8. The van der Waals surface area contributed by atoms with Crippen molar-refractivity contribution in [2.75, 3.05) is 45.9 Å². The Morgan fingerprint density at radius 2 is 1.93 bits per heavy atom. The number of ether oxygens (including phenoxy) is 1. The van der Waals surface area contributed by atoms with E-state index < -0.39 is 10.0 Å². The topological polar surface area (TPSA) is 92.9 Å². The molecule has 3 rings (SSSR count). The van der Waals surface area contributed by atoms with E-state index in [0.717, 1.165) is 6.42 Å². The SMILES string of the molecule is Cc1ccc(C(=O)N2CCC(C)(CN)C2)cc1S(=O)(=O)N1CCOCC1.Cl. The molecule has 152 valence electrons. The van der Waals surface area contributed by atoms with Crippen LogP contribution in [0.2, 0.25) is 0 Å². The fraction of sp³-hybridized carbons (Fsp3) is 0.611. The highest BCUT2D eigenvalue weighted by atomic mass is 35.5. The van der Waals surface area contributed by atoms with Gasteiger partial charge in [-0.3, -0.25) is 4.79 Å². The van der Waals surface area contributed by atoms with Crippen LogP contribution in [0, 0.1) is 12.3 Å². The number of amides is 1. The lowest BCUT2D eigenvalue weighted by Crippen LogP contribution is -2.41. The number of benzene rings is 1. The molecule has 1 atom stereocenters. The molecule has 1 aromatic rings. The van der Waals surface area contributed by atoms with Gasteiger partial charge in [-0.25, -0.2) is 8.42 Å². The molecule has 2 fully saturated rings. The molecule has 0 bridgehead atoms. The minimum absolute atomic E-state index is 0. The van der Waals surface area contributed by atoms with E-state index in [0.29, 0.717) is 57.1 Å². The highest BCUT2D eigenvalue weighted by Gasteiger charge is 2.36. The van der Waals surface area contributed by atoms with Gasteiger partial charge in [-0.1, -0.05) is 13.0 Å². The van der Waals surface area contributed by atoms with Gasteiger partial charge in [-0.15, -0.1) is 12.4 Å². The first-order valence-corrected chi connectivity index (χ1v) is 10.4. The molecule has 2 aliphatic heterocycles. The predicted octanol–water partition coefficient (Wildman–Crippen LogP) is 1.25. The fourth-order valence-corrected chi connectivity index (χ4v) is 5.14. The first kappa shape index (κ1) is 22.1. The van der Waals surface area contributed by atoms with E-state index in [9.17, 15) is 13.2 Å². The Morgan fingerprint density at radius 1 is 1.26 bits per heavy atom. The number of aryl methyl sites for hydroxylation is 1. The monoisotopic (exact) mass is 417 g/mol. The Hall–Kier alpha value is -1.19. The number of nitrogens with two attached hydrogens (primary N) is 1. The van der Waals surface area contributed by atoms with Crippen LogP contribution in [0.4, 0.5) is 0 Å². The highest BCUT2D eigenvalue weighted by Crippen LogP contribution is 2.30. The molecule has 0 radical (unpaired) electrons. The summed E-state index contributed by atoms with van der Waals surface area (Å²) in [7, 11) is -3.64. The second kappa shape index (κ2) is 8.45. The van der Waals surface area contributed by atoms with E-state index in [2.05, 4.69) is 6.92 Å². The molecule has 2 N–H and O–H groups in total. The van der Waals surface area contributed by atoms with Crippen molar-refractivity contribution in [3.8, 4) is 0 Å². The summed E-state index contributed by atoms with van der Waals surface area (Å²) in [6, 6.07) is 4.92. The van der Waals surface area contributed by atoms with Crippen molar-refractivity contribution in [1.82, 2.24) is 9.21 Å². The van der Waals surface area contributed by atoms with Crippen molar-refractivity contribution in [2.45, 2.75) is 25.2 Å². The zero-order chi connectivity index (χ0) is 18.9. The quantitative estimate of drug-likeness (QED) is 0.795. The molecule has 2 aliphatic rings. The first-order valence-electron chi connectivity index (χ1n) is 8.95. The van der Waals surface area contributed by atoms with Gasteiger partial charge in [0.1, 0.15) is 0 Å². The standard InChI is InChI=1S/C18H27N3O4S.ClH/c1-14-3-4-15(17(22)20-6-5-18(2,12-19)13-20)11-16(14)26(23,24)21-7-9-25-10-8-21;/h3-4,11H,5-10,12-13,19H2,1-2H3;1H. The van der Waals surface area contributed by atoms with Gasteiger partial charge in [0.25, 0.3) is 5.91 Å². The van der Waals surface area contributed by atoms with Crippen LogP contribution in [0.1, 0.15) is 29.3 Å². The third-order valence-corrected chi connectivity index (χ3v) is 7.40. The molecule has 0 saturated carbocycles. The summed E-state index contributed by atoms with van der Waals surface area (Å²) in [6.07, 6.45) is 0.861. The van der Waals surface area contributed by atoms with Crippen molar-refractivity contribution in [3.05, 3.63) is 29.3 Å². The molecular weight excluding hydrogens is 390 g/mol. The van der Waals surface area contributed by atoms with Gasteiger partial charge in [0.2, 0.25) is 10.0 Å². The first-order chi connectivity index (χ1) is 12.3. The normalized spacial score (nSPS) is 23.9. The van der Waals surface area contributed by atoms with Crippen LogP contribution in [-0.2, 0) is 14.8 Å². The van der Waals surface area contributed by atoms with Gasteiger partial charge in [0.05, 0.1) is 18.1 Å². The lowest BCUT2D eigenvalue weighted by atomic mass is 9.90. The number of hydrogen-bond donors (Lipinski definition) is 1. The summed E-state index contributed by atoms with van der Waals surface area (Å²) in [5, 5.41) is 0. The number of hydrogen-bond acceptors (Lipinski definition) is 5. The van der Waals surface area contributed by atoms with Crippen LogP contribution < -0.4 is 5.73 Å². The van der Waals surface area contributed by atoms with E-state index in [1.165, 1.54) is 10.4 Å². The average molecular weight is 418 g/mol. The minimum Gasteiger partial charge on any atom is -0.379 e. The highest BCUT2D eigenvalue weighted by molar-refractivity contribution is 7.89. The molecule has 2 saturated heterocycles. The number of sulfonamides is 1. The second-order valence-corrected chi connectivity index (χ2v) is 9.39. The van der Waals surface area contributed by atoms with E-state index in [1.807, 2.05) is 0 Å². The average Bonchev–Trinajstić information content (AvgIpc) is 3.05. The molecule has 7 nitrogen and oxygen atoms in total. The molecule has 1 amide bonds. The Balaban J connectivity index is 0.00000261. The second-order valence-electron chi connectivity index (χ2n) is 7.49. The number of carbonyl (C=O) groups excluding carboxylic acids is 1. The van der Waals surface area contributed by atoms with Gasteiger partial charge >= 0.3 is 0 Å². The van der Waals surface area contributed by atoms with Gasteiger partial charge in [-0.2, -0.15) is 4.31 Å². The summed E-state index contributed by atoms with van der Waals surface area (Å²) in [5.74, 6) is -0.138. The third kappa shape index (κ3) is 4.46. The van der Waals surface area contributed by atoms with E-state index in [1.54, 1.807) is 24.0 Å². The molecule has 1 aromatic carbocycles. The van der Waals surface area contributed by atoms with Crippen molar-refractivity contribution < 1.29 is 17.9 Å². The number of rotatable bonds is 4. The van der Waals surface area contributed by atoms with Crippen LogP contribution in [0.5, 0.6) is 0 Å². The maximum Gasteiger partial charge on any atom is 0.253 e. The maximum atomic E-state index is 13.0. The van der Waals surface area contributed by atoms with Crippen molar-refractivity contribution in [2.24, 2.45) is 11.1 Å². The number of morpholine rings is 1. The summed E-state index contributed by atoms with van der Waals surface area (Å²) in [6.45, 7) is 7.05. The maximum absolute atomic E-state index is 13.0. The summed E-state index contributed by atoms with van der Waals surface area (Å²) in [5.41, 5.74) is 6.80. The van der Waals surface area contributed by atoms with E-state index >= 15 is 0 Å². The van der Waals surface area contributed by atoms with Crippen molar-refractivity contribution in [3.63, 3.8) is 0 Å². The third-order valence-electron chi connectivity index (χ3n) is 5.36. The van der Waals surface area contributed by atoms with Crippen LogP contribution in [-0.4, -0.2) is 69.5 Å². The number of carbonyl (C=O) groups is 1. The van der Waals surface area contributed by atoms with Gasteiger partial charge < -0.3 is 15.4 Å². The number of nitrogens with zero attached hydrogens (tertiary/aromatic N) is 2. The van der Waals surface area contributed by atoms with Crippen molar-refractivity contribution >= 4 is 28.3 Å². The predicted molar refractivity (Wildman–Crippen MR) is 106 cm³/mol. The number of halogens is 1. The molecule has 0 spiro atoms. The van der Waals surface area contributed by atoms with Crippen LogP contribution in [0.3, 0.4) is 0 Å². The Morgan fingerprint density at radius 3 is 2.52 bits per heavy atom. The lowest BCUT2D eigenvalue weighted by molar-refractivity contribution is 0.0729. The molecule has 27 heavy (non-hydrogen) atoms. The largest absolute Gasteiger partial charge is 0.379 e. The Kier molecular flexibility index (Phi) is 6.91. The Bertz CT molecular complexity index is 796. The zero-order valence-corrected chi connectivity index (χ0v) is 17.4. The lowest BCUT2D eigenvalue weighted by Gasteiger charge is -2.27. The van der Waals surface area contributed by atoms with E-state index in [4.69, 9.17) is 10.5 Å². The molecule has 0 aliphatic carbocycles. The van der Waals surface area contributed by atoms with E-state index in [-0.39, 0.29) is 28.6 Å². The fourth-order valence-electron chi connectivity index (χ4n) is 3.48. The molecule has 0 aromatic heterocycles. The molecule has 9 heteroatoms. The summed E-state index contributed by atoms with van der Waals surface area (Å²) < 4.78 is 32.6. The van der Waals surface area contributed by atoms with Crippen molar-refractivity contribution in [1.29, 1.82) is 0 Å². The molecule has 2 heterocycles. The molecular formula is C18H28ClN3O4S. The van der Waals surface area contributed by atoms with Crippen LogP contribution in [0.25, 0.3) is 0 Å². The minimum atomic E-state index is -3.64. The number of likely N-dealkylation sites (tertiary alicyclic amines) is 1. The van der Waals surface area contributed by atoms with Crippen LogP contribution >= 0.6 is 12.4 Å². The summed E-state index contributed by atoms with van der Waals surface area (Å²) >= 11 is 0.